The first-order chi connectivity index (χ1) is 6.75. The summed E-state index contributed by atoms with van der Waals surface area (Å²) in [7, 11) is 0. The number of rotatable bonds is 2. The molecule has 0 amide bonds. The number of aromatic hydroxyl groups is 1. The van der Waals surface area contributed by atoms with Crippen molar-refractivity contribution in [2.75, 3.05) is 13.1 Å². The van der Waals surface area contributed by atoms with Gasteiger partial charge in [0.1, 0.15) is 5.75 Å². The maximum absolute atomic E-state index is 9.34. The maximum Gasteiger partial charge on any atom is 0.129 e. The van der Waals surface area contributed by atoms with Gasteiger partial charge in [-0.2, -0.15) is 0 Å². The van der Waals surface area contributed by atoms with Gasteiger partial charge < -0.3 is 5.11 Å². The van der Waals surface area contributed by atoms with Crippen LogP contribution in [0.5, 0.6) is 5.75 Å². The summed E-state index contributed by atoms with van der Waals surface area (Å²) in [5.74, 6) is 0.315. The highest BCUT2D eigenvalue weighted by atomic mass is 79.9. The third kappa shape index (κ3) is 2.28. The highest BCUT2D eigenvalue weighted by molar-refractivity contribution is 9.10. The number of likely N-dealkylation sites (tertiary alicyclic amines) is 1. The van der Waals surface area contributed by atoms with E-state index in [1.807, 2.05) is 12.1 Å². The molecule has 1 fully saturated rings. The zero-order chi connectivity index (χ0) is 9.97. The van der Waals surface area contributed by atoms with Crippen molar-refractivity contribution >= 4 is 15.9 Å². The van der Waals surface area contributed by atoms with Crippen molar-refractivity contribution in [3.63, 3.8) is 0 Å². The first-order valence-corrected chi connectivity index (χ1v) is 5.75. The molecule has 1 aliphatic rings. The van der Waals surface area contributed by atoms with Crippen LogP contribution >= 0.6 is 15.9 Å². The number of hydrogen-bond donors (Lipinski definition) is 1. The Hall–Kier alpha value is -0.540. The number of nitrogens with zero attached hydrogens (tertiary/aromatic N) is 1. The van der Waals surface area contributed by atoms with Crippen LogP contribution in [0.25, 0.3) is 0 Å². The summed E-state index contributed by atoms with van der Waals surface area (Å²) in [6, 6.07) is 5.72. The van der Waals surface area contributed by atoms with Crippen LogP contribution in [0.3, 0.4) is 0 Å². The molecule has 1 aromatic rings. The molecule has 76 valence electrons. The zero-order valence-electron chi connectivity index (χ0n) is 8.04. The fourth-order valence-corrected chi connectivity index (χ4v) is 2.27. The predicted molar refractivity (Wildman–Crippen MR) is 60.3 cm³/mol. The van der Waals surface area contributed by atoms with Gasteiger partial charge in [-0.15, -0.1) is 0 Å². The van der Waals surface area contributed by atoms with Gasteiger partial charge in [-0.25, -0.2) is 0 Å². The Labute approximate surface area is 92.7 Å². The van der Waals surface area contributed by atoms with Gasteiger partial charge >= 0.3 is 0 Å². The maximum atomic E-state index is 9.34. The van der Waals surface area contributed by atoms with Crippen LogP contribution in [-0.2, 0) is 6.54 Å². The summed E-state index contributed by atoms with van der Waals surface area (Å²) in [6.07, 6.45) is 2.64. The van der Waals surface area contributed by atoms with Crippen molar-refractivity contribution in [2.24, 2.45) is 0 Å². The molecule has 1 saturated heterocycles. The van der Waals surface area contributed by atoms with E-state index >= 15 is 0 Å². The lowest BCUT2D eigenvalue weighted by Crippen LogP contribution is -2.18. The van der Waals surface area contributed by atoms with Gasteiger partial charge in [-0.3, -0.25) is 4.90 Å². The van der Waals surface area contributed by atoms with Crippen molar-refractivity contribution in [3.05, 3.63) is 28.2 Å². The summed E-state index contributed by atoms with van der Waals surface area (Å²) in [4.78, 5) is 2.44. The summed E-state index contributed by atoms with van der Waals surface area (Å²) >= 11 is 3.33. The highest BCUT2D eigenvalue weighted by Gasteiger charge is 2.11. The molecular weight excluding hydrogens is 242 g/mol. The Balaban J connectivity index is 2.05. The van der Waals surface area contributed by atoms with Gasteiger partial charge in [0.25, 0.3) is 0 Å². The first-order valence-electron chi connectivity index (χ1n) is 4.95. The molecule has 0 aliphatic carbocycles. The number of phenols is 1. The second-order valence-corrected chi connectivity index (χ2v) is 4.62. The minimum atomic E-state index is 0.315. The molecular formula is C11H14BrNO. The zero-order valence-corrected chi connectivity index (χ0v) is 9.63. The van der Waals surface area contributed by atoms with Gasteiger partial charge in [0.05, 0.1) is 4.47 Å². The summed E-state index contributed by atoms with van der Waals surface area (Å²) in [5.41, 5.74) is 1.26. The van der Waals surface area contributed by atoms with Gasteiger partial charge in [-0.05, 0) is 59.6 Å². The standard InChI is InChI=1S/C11H14BrNO/c12-10-7-9(3-4-11(10)14)8-13-5-1-2-6-13/h3-4,7,14H,1-2,5-6,8H2. The van der Waals surface area contributed by atoms with E-state index in [1.165, 1.54) is 31.5 Å². The van der Waals surface area contributed by atoms with Crippen LogP contribution in [0.15, 0.2) is 22.7 Å². The van der Waals surface area contributed by atoms with Crippen LogP contribution in [0.4, 0.5) is 0 Å². The molecule has 2 nitrogen and oxygen atoms in total. The Morgan fingerprint density at radius 2 is 2.00 bits per heavy atom. The molecule has 1 N–H and O–H groups in total. The Morgan fingerprint density at radius 3 is 2.64 bits per heavy atom. The molecule has 0 atom stereocenters. The van der Waals surface area contributed by atoms with E-state index in [0.717, 1.165) is 11.0 Å². The molecule has 0 unspecified atom stereocenters. The van der Waals surface area contributed by atoms with Crippen molar-refractivity contribution in [1.29, 1.82) is 0 Å². The molecule has 14 heavy (non-hydrogen) atoms. The monoisotopic (exact) mass is 255 g/mol. The molecule has 0 bridgehead atoms. The van der Waals surface area contributed by atoms with E-state index in [0.29, 0.717) is 5.75 Å². The SMILES string of the molecule is Oc1ccc(CN2CCCC2)cc1Br. The lowest BCUT2D eigenvalue weighted by molar-refractivity contribution is 0.331. The van der Waals surface area contributed by atoms with Crippen LogP contribution in [0.1, 0.15) is 18.4 Å². The van der Waals surface area contributed by atoms with Gasteiger partial charge in [0.15, 0.2) is 0 Å². The van der Waals surface area contributed by atoms with E-state index in [1.54, 1.807) is 6.07 Å². The molecule has 1 heterocycles. The predicted octanol–water partition coefficient (Wildman–Crippen LogP) is 2.75. The molecule has 3 heteroatoms. The van der Waals surface area contributed by atoms with Crippen molar-refractivity contribution in [2.45, 2.75) is 19.4 Å². The number of halogens is 1. The van der Waals surface area contributed by atoms with Crippen molar-refractivity contribution in [1.82, 2.24) is 4.90 Å². The van der Waals surface area contributed by atoms with Crippen LogP contribution < -0.4 is 0 Å². The molecule has 0 saturated carbocycles. The molecule has 1 aromatic carbocycles. The minimum Gasteiger partial charge on any atom is -0.507 e. The molecule has 0 spiro atoms. The third-order valence-electron chi connectivity index (χ3n) is 2.62. The second-order valence-electron chi connectivity index (χ2n) is 3.77. The quantitative estimate of drug-likeness (QED) is 0.879. The van der Waals surface area contributed by atoms with Crippen LogP contribution in [0.2, 0.25) is 0 Å². The van der Waals surface area contributed by atoms with E-state index in [2.05, 4.69) is 20.8 Å². The van der Waals surface area contributed by atoms with E-state index in [4.69, 9.17) is 0 Å². The summed E-state index contributed by atoms with van der Waals surface area (Å²) in [6.45, 7) is 3.41. The van der Waals surface area contributed by atoms with E-state index < -0.39 is 0 Å². The Bertz CT molecular complexity index is 321. The van der Waals surface area contributed by atoms with E-state index in [-0.39, 0.29) is 0 Å². The van der Waals surface area contributed by atoms with Gasteiger partial charge in [0.2, 0.25) is 0 Å². The third-order valence-corrected chi connectivity index (χ3v) is 3.25. The topological polar surface area (TPSA) is 23.5 Å². The van der Waals surface area contributed by atoms with Crippen molar-refractivity contribution in [3.8, 4) is 5.75 Å². The average Bonchev–Trinajstić information content (AvgIpc) is 2.64. The largest absolute Gasteiger partial charge is 0.507 e. The molecule has 0 aromatic heterocycles. The fraction of sp³-hybridized carbons (Fsp3) is 0.455. The summed E-state index contributed by atoms with van der Waals surface area (Å²) < 4.78 is 0.786. The average molecular weight is 256 g/mol. The molecule has 1 aliphatic heterocycles. The highest BCUT2D eigenvalue weighted by Crippen LogP contribution is 2.25. The number of benzene rings is 1. The smallest absolute Gasteiger partial charge is 0.129 e. The molecule has 2 rings (SSSR count). The summed E-state index contributed by atoms with van der Waals surface area (Å²) in [5, 5.41) is 9.34. The molecule has 0 radical (unpaired) electrons. The van der Waals surface area contributed by atoms with Crippen LogP contribution in [-0.4, -0.2) is 23.1 Å². The first kappa shape index (κ1) is 9.99. The number of hydrogen-bond acceptors (Lipinski definition) is 2. The van der Waals surface area contributed by atoms with Gasteiger partial charge in [-0.1, -0.05) is 6.07 Å². The second kappa shape index (κ2) is 4.32. The van der Waals surface area contributed by atoms with Crippen LogP contribution in [0, 0.1) is 0 Å². The van der Waals surface area contributed by atoms with Crippen molar-refractivity contribution < 1.29 is 5.11 Å². The van der Waals surface area contributed by atoms with E-state index in [9.17, 15) is 5.11 Å². The normalized spacial score (nSPS) is 17.5. The fourth-order valence-electron chi connectivity index (χ4n) is 1.85. The lowest BCUT2D eigenvalue weighted by Gasteiger charge is -2.14. The Kier molecular flexibility index (Phi) is 3.08. The Morgan fingerprint density at radius 1 is 1.29 bits per heavy atom. The number of phenolic OH excluding ortho intramolecular Hbond substituents is 1. The lowest BCUT2D eigenvalue weighted by atomic mass is 10.2. The van der Waals surface area contributed by atoms with Gasteiger partial charge in [0, 0.05) is 6.54 Å². The minimum absolute atomic E-state index is 0.315.